The van der Waals surface area contributed by atoms with Crippen molar-refractivity contribution in [1.29, 1.82) is 0 Å². The van der Waals surface area contributed by atoms with Gasteiger partial charge in [0.25, 0.3) is 0 Å². The average molecular weight is 415 g/mol. The zero-order valence-corrected chi connectivity index (χ0v) is 19.5. The molecule has 0 saturated heterocycles. The number of hydrogen-bond donors (Lipinski definition) is 2. The van der Waals surface area contributed by atoms with Gasteiger partial charge in [0.1, 0.15) is 0 Å². The fourth-order valence-corrected chi connectivity index (χ4v) is 6.81. The van der Waals surface area contributed by atoms with E-state index in [2.05, 4.69) is 71.3 Å². The maximum atomic E-state index is 6.01. The van der Waals surface area contributed by atoms with E-state index in [0.29, 0.717) is 12.1 Å². The van der Waals surface area contributed by atoms with Gasteiger partial charge in [0.05, 0.1) is 0 Å². The van der Waals surface area contributed by atoms with Gasteiger partial charge in [-0.1, -0.05) is 60.7 Å². The summed E-state index contributed by atoms with van der Waals surface area (Å²) < 4.78 is 12.0. The topological polar surface area (TPSA) is 42.5 Å². The van der Waals surface area contributed by atoms with E-state index in [4.69, 9.17) is 8.85 Å². The first-order valence-corrected chi connectivity index (χ1v) is 13.0. The summed E-state index contributed by atoms with van der Waals surface area (Å²) in [6.07, 6.45) is 4.38. The molecule has 0 bridgehead atoms. The fourth-order valence-electron chi connectivity index (χ4n) is 4.09. The zero-order chi connectivity index (χ0) is 21.0. The Morgan fingerprint density at radius 3 is 1.38 bits per heavy atom. The van der Waals surface area contributed by atoms with Gasteiger partial charge < -0.3 is 19.5 Å². The van der Waals surface area contributed by atoms with Crippen LogP contribution >= 0.6 is 0 Å². The van der Waals surface area contributed by atoms with Crippen LogP contribution in [-0.2, 0) is 8.85 Å². The first kappa shape index (κ1) is 23.8. The largest absolute Gasteiger partial charge is 0.398 e. The summed E-state index contributed by atoms with van der Waals surface area (Å²) in [6.45, 7) is 0. The third-order valence-electron chi connectivity index (χ3n) is 5.95. The van der Waals surface area contributed by atoms with Crippen molar-refractivity contribution in [2.75, 3.05) is 28.3 Å². The number of nitrogens with one attached hydrogen (secondary N) is 2. The van der Waals surface area contributed by atoms with Crippen LogP contribution in [0.3, 0.4) is 0 Å². The number of rotatable bonds is 14. The average Bonchev–Trinajstić information content (AvgIpc) is 2.79. The van der Waals surface area contributed by atoms with Gasteiger partial charge in [-0.2, -0.15) is 0 Å². The number of benzene rings is 2. The minimum absolute atomic E-state index is 0.378. The Kier molecular flexibility index (Phi) is 10.6. The first-order valence-electron chi connectivity index (χ1n) is 10.7. The highest BCUT2D eigenvalue weighted by atomic mass is 28.4. The van der Waals surface area contributed by atoms with Crippen LogP contribution in [0.1, 0.15) is 48.9 Å². The van der Waals surface area contributed by atoms with Crippen molar-refractivity contribution >= 4 is 8.56 Å². The summed E-state index contributed by atoms with van der Waals surface area (Å²) in [7, 11) is 5.57. The highest BCUT2D eigenvalue weighted by Gasteiger charge is 2.34. The Morgan fingerprint density at radius 2 is 1.07 bits per heavy atom. The Labute approximate surface area is 178 Å². The molecular weight excluding hydrogens is 376 g/mol. The lowest BCUT2D eigenvalue weighted by Crippen LogP contribution is -2.40. The van der Waals surface area contributed by atoms with Crippen LogP contribution in [0.15, 0.2) is 60.7 Å². The molecule has 0 aliphatic carbocycles. The molecule has 160 valence electrons. The Balaban J connectivity index is 1.86. The normalized spacial score (nSPS) is 13.9. The summed E-state index contributed by atoms with van der Waals surface area (Å²) >= 11 is 0. The Morgan fingerprint density at radius 1 is 0.690 bits per heavy atom. The lowest BCUT2D eigenvalue weighted by Gasteiger charge is -2.29. The van der Waals surface area contributed by atoms with Crippen LogP contribution in [0.25, 0.3) is 0 Å². The van der Waals surface area contributed by atoms with E-state index in [1.165, 1.54) is 11.1 Å². The maximum absolute atomic E-state index is 6.01. The molecule has 0 spiro atoms. The second-order valence-corrected chi connectivity index (χ2v) is 11.2. The molecule has 2 rings (SSSR count). The van der Waals surface area contributed by atoms with Gasteiger partial charge in [0.15, 0.2) is 0 Å². The van der Waals surface area contributed by atoms with E-state index < -0.39 is 8.56 Å². The van der Waals surface area contributed by atoms with Crippen LogP contribution in [0.2, 0.25) is 12.1 Å². The summed E-state index contributed by atoms with van der Waals surface area (Å²) in [4.78, 5) is 0. The highest BCUT2D eigenvalue weighted by molar-refractivity contribution is 6.67. The zero-order valence-electron chi connectivity index (χ0n) is 18.5. The van der Waals surface area contributed by atoms with E-state index in [9.17, 15) is 0 Å². The molecule has 2 aromatic carbocycles. The Hall–Kier alpha value is -1.50. The van der Waals surface area contributed by atoms with Crippen molar-refractivity contribution in [2.24, 2.45) is 0 Å². The molecule has 0 saturated carbocycles. The van der Waals surface area contributed by atoms with Crippen LogP contribution in [0, 0.1) is 0 Å². The van der Waals surface area contributed by atoms with Crippen LogP contribution in [0.4, 0.5) is 0 Å². The molecule has 2 unspecified atom stereocenters. The lowest BCUT2D eigenvalue weighted by atomic mass is 10.0. The van der Waals surface area contributed by atoms with Gasteiger partial charge in [-0.3, -0.25) is 0 Å². The molecule has 29 heavy (non-hydrogen) atoms. The predicted molar refractivity (Wildman–Crippen MR) is 124 cm³/mol. The maximum Gasteiger partial charge on any atom is 0.337 e. The molecule has 2 aromatic rings. The molecule has 4 nitrogen and oxygen atoms in total. The minimum Gasteiger partial charge on any atom is -0.398 e. The van der Waals surface area contributed by atoms with Gasteiger partial charge in [-0.15, -0.1) is 0 Å². The van der Waals surface area contributed by atoms with Gasteiger partial charge in [-0.25, -0.2) is 0 Å². The van der Waals surface area contributed by atoms with Crippen molar-refractivity contribution < 1.29 is 8.85 Å². The summed E-state index contributed by atoms with van der Waals surface area (Å²) in [5.74, 6) is 0. The number of hydrogen-bond acceptors (Lipinski definition) is 4. The van der Waals surface area contributed by atoms with Crippen molar-refractivity contribution in [3.05, 3.63) is 71.8 Å². The third kappa shape index (κ3) is 7.35. The molecule has 0 fully saturated rings. The van der Waals surface area contributed by atoms with Crippen LogP contribution in [-0.4, -0.2) is 36.9 Å². The summed E-state index contributed by atoms with van der Waals surface area (Å²) in [6, 6.07) is 24.1. The molecule has 5 heteroatoms. The van der Waals surface area contributed by atoms with Crippen molar-refractivity contribution in [3.8, 4) is 0 Å². The van der Waals surface area contributed by atoms with Crippen molar-refractivity contribution in [1.82, 2.24) is 10.6 Å². The van der Waals surface area contributed by atoms with E-state index in [1.807, 2.05) is 28.3 Å². The molecule has 0 amide bonds. The molecule has 0 radical (unpaired) electrons. The molecule has 0 heterocycles. The highest BCUT2D eigenvalue weighted by Crippen LogP contribution is 2.28. The predicted octanol–water partition coefficient (Wildman–Crippen LogP) is 5.20. The quantitative estimate of drug-likeness (QED) is 0.417. The van der Waals surface area contributed by atoms with E-state index in [0.717, 1.165) is 37.8 Å². The van der Waals surface area contributed by atoms with Crippen molar-refractivity contribution in [2.45, 2.75) is 49.9 Å². The lowest BCUT2D eigenvalue weighted by molar-refractivity contribution is 0.237. The van der Waals surface area contributed by atoms with Gasteiger partial charge in [0.2, 0.25) is 0 Å². The van der Waals surface area contributed by atoms with Gasteiger partial charge in [0, 0.05) is 26.3 Å². The van der Waals surface area contributed by atoms with Gasteiger partial charge in [-0.05, 0) is 63.0 Å². The second-order valence-electron chi connectivity index (χ2n) is 7.61. The smallest absolute Gasteiger partial charge is 0.337 e. The molecule has 0 aromatic heterocycles. The monoisotopic (exact) mass is 414 g/mol. The van der Waals surface area contributed by atoms with Gasteiger partial charge >= 0.3 is 8.56 Å². The second kappa shape index (κ2) is 12.9. The van der Waals surface area contributed by atoms with Crippen LogP contribution in [0.5, 0.6) is 0 Å². The van der Waals surface area contributed by atoms with E-state index in [1.54, 1.807) is 0 Å². The summed E-state index contributed by atoms with van der Waals surface area (Å²) in [5.41, 5.74) is 2.69. The SMILES string of the molecule is CNC(CCC[Si](CCCC(NC)c1ccccc1)(OC)OC)c1ccccc1. The minimum atomic E-state index is -2.16. The standard InChI is InChI=1S/C24H38N2O2Si/c1-25-23(21-13-7-5-8-14-21)17-11-19-29(27-3,28-4)20-12-18-24(26-2)22-15-9-6-10-16-22/h5-10,13-16,23-26H,11-12,17-20H2,1-4H3. The molecule has 2 atom stereocenters. The van der Waals surface area contributed by atoms with Crippen LogP contribution < -0.4 is 10.6 Å². The van der Waals surface area contributed by atoms with E-state index >= 15 is 0 Å². The van der Waals surface area contributed by atoms with E-state index in [-0.39, 0.29) is 0 Å². The molecule has 2 N–H and O–H groups in total. The van der Waals surface area contributed by atoms with Crippen molar-refractivity contribution in [3.63, 3.8) is 0 Å². The molecular formula is C24H38N2O2Si. The first-order chi connectivity index (χ1) is 14.2. The molecule has 0 aliphatic rings. The molecule has 0 aliphatic heterocycles. The summed E-state index contributed by atoms with van der Waals surface area (Å²) in [5, 5.41) is 6.90. The Bertz CT molecular complexity index is 610. The third-order valence-corrected chi connectivity index (χ3v) is 9.66. The fraction of sp³-hybridized carbons (Fsp3) is 0.500.